The Hall–Kier alpha value is -1.31. The molecule has 0 aliphatic rings. The number of hydrogen-bond donors (Lipinski definition) is 0. The van der Waals surface area contributed by atoms with E-state index in [-0.39, 0.29) is 5.38 Å². The maximum Gasteiger partial charge on any atom is 0.0717 e. The smallest absolute Gasteiger partial charge is 0.0717 e. The zero-order valence-corrected chi connectivity index (χ0v) is 11.9. The van der Waals surface area contributed by atoms with E-state index in [4.69, 9.17) is 16.3 Å². The van der Waals surface area contributed by atoms with Crippen molar-refractivity contribution < 1.29 is 4.74 Å². The first kappa shape index (κ1) is 14.1. The maximum absolute atomic E-state index is 6.31. The molecule has 1 atom stereocenters. The van der Waals surface area contributed by atoms with Crippen LogP contribution in [0.1, 0.15) is 16.7 Å². The van der Waals surface area contributed by atoms with Crippen molar-refractivity contribution >= 4 is 11.6 Å². The van der Waals surface area contributed by atoms with E-state index in [1.807, 2.05) is 18.2 Å². The highest BCUT2D eigenvalue weighted by Gasteiger charge is 2.06. The van der Waals surface area contributed by atoms with Gasteiger partial charge in [-0.15, -0.1) is 11.6 Å². The van der Waals surface area contributed by atoms with E-state index in [1.54, 1.807) is 0 Å². The van der Waals surface area contributed by atoms with Gasteiger partial charge >= 0.3 is 0 Å². The Bertz CT molecular complexity index is 496. The third kappa shape index (κ3) is 5.06. The minimum absolute atomic E-state index is 0.0190. The largest absolute Gasteiger partial charge is 0.375 e. The zero-order valence-electron chi connectivity index (χ0n) is 11.2. The summed E-state index contributed by atoms with van der Waals surface area (Å²) in [5.74, 6) is 0. The van der Waals surface area contributed by atoms with Crippen molar-refractivity contribution in [3.05, 3.63) is 71.3 Å². The van der Waals surface area contributed by atoms with Crippen molar-refractivity contribution in [2.75, 3.05) is 6.61 Å². The van der Waals surface area contributed by atoms with Crippen LogP contribution in [0.15, 0.2) is 54.6 Å². The third-order valence-electron chi connectivity index (χ3n) is 2.95. The standard InChI is InChI=1S/C17H19ClO/c1-14-6-5-9-16(10-14)11-17(18)13-19-12-15-7-3-2-4-8-15/h2-10,17H,11-13H2,1H3/t17-/m1/s1. The third-order valence-corrected chi connectivity index (χ3v) is 3.23. The molecule has 2 rings (SSSR count). The second kappa shape index (κ2) is 7.32. The summed E-state index contributed by atoms with van der Waals surface area (Å²) in [6, 6.07) is 18.6. The lowest BCUT2D eigenvalue weighted by Gasteiger charge is -2.11. The van der Waals surface area contributed by atoms with Crippen LogP contribution in [0, 0.1) is 6.92 Å². The summed E-state index contributed by atoms with van der Waals surface area (Å²) in [5.41, 5.74) is 3.72. The van der Waals surface area contributed by atoms with E-state index < -0.39 is 0 Å². The van der Waals surface area contributed by atoms with Crippen molar-refractivity contribution in [2.45, 2.75) is 25.3 Å². The molecule has 0 aliphatic carbocycles. The van der Waals surface area contributed by atoms with Crippen LogP contribution in [-0.2, 0) is 17.8 Å². The molecule has 0 radical (unpaired) electrons. The number of hydrogen-bond acceptors (Lipinski definition) is 1. The Labute approximate surface area is 120 Å². The minimum atomic E-state index is 0.0190. The van der Waals surface area contributed by atoms with Crippen LogP contribution < -0.4 is 0 Å². The van der Waals surface area contributed by atoms with Crippen LogP contribution in [0.5, 0.6) is 0 Å². The van der Waals surface area contributed by atoms with Crippen molar-refractivity contribution in [1.82, 2.24) is 0 Å². The van der Waals surface area contributed by atoms with E-state index in [0.717, 1.165) is 6.42 Å². The lowest BCUT2D eigenvalue weighted by atomic mass is 10.1. The average molecular weight is 275 g/mol. The van der Waals surface area contributed by atoms with Gasteiger partial charge in [0.15, 0.2) is 0 Å². The van der Waals surface area contributed by atoms with Gasteiger partial charge in [-0.2, -0.15) is 0 Å². The molecule has 0 unspecified atom stereocenters. The monoisotopic (exact) mass is 274 g/mol. The van der Waals surface area contributed by atoms with Crippen molar-refractivity contribution in [3.8, 4) is 0 Å². The van der Waals surface area contributed by atoms with Crippen molar-refractivity contribution in [1.29, 1.82) is 0 Å². The molecule has 0 bridgehead atoms. The van der Waals surface area contributed by atoms with Gasteiger partial charge in [0.05, 0.1) is 18.6 Å². The molecule has 2 heteroatoms. The van der Waals surface area contributed by atoms with Gasteiger partial charge in [-0.05, 0) is 24.5 Å². The minimum Gasteiger partial charge on any atom is -0.375 e. The molecular weight excluding hydrogens is 256 g/mol. The lowest BCUT2D eigenvalue weighted by molar-refractivity contribution is 0.121. The first-order chi connectivity index (χ1) is 9.24. The number of ether oxygens (including phenoxy) is 1. The number of rotatable bonds is 6. The fourth-order valence-electron chi connectivity index (χ4n) is 2.03. The summed E-state index contributed by atoms with van der Waals surface area (Å²) in [4.78, 5) is 0. The fraction of sp³-hybridized carbons (Fsp3) is 0.294. The summed E-state index contributed by atoms with van der Waals surface area (Å²) in [6.07, 6.45) is 0.845. The summed E-state index contributed by atoms with van der Waals surface area (Å²) < 4.78 is 5.65. The Balaban J connectivity index is 1.74. The van der Waals surface area contributed by atoms with Crippen molar-refractivity contribution in [2.24, 2.45) is 0 Å². The molecule has 0 saturated carbocycles. The number of alkyl halides is 1. The molecule has 0 saturated heterocycles. The van der Waals surface area contributed by atoms with Crippen molar-refractivity contribution in [3.63, 3.8) is 0 Å². The molecule has 0 fully saturated rings. The highest BCUT2D eigenvalue weighted by Crippen LogP contribution is 2.11. The van der Waals surface area contributed by atoms with Gasteiger partial charge in [0, 0.05) is 0 Å². The molecule has 1 nitrogen and oxygen atoms in total. The molecule has 0 aliphatic heterocycles. The number of benzene rings is 2. The highest BCUT2D eigenvalue weighted by atomic mass is 35.5. The molecule has 2 aromatic rings. The summed E-state index contributed by atoms with van der Waals surface area (Å²) in [6.45, 7) is 3.29. The molecule has 0 heterocycles. The topological polar surface area (TPSA) is 9.23 Å². The molecule has 19 heavy (non-hydrogen) atoms. The van der Waals surface area contributed by atoms with Crippen LogP contribution in [0.3, 0.4) is 0 Å². The molecular formula is C17H19ClO. The summed E-state index contributed by atoms with van der Waals surface area (Å²) in [5, 5.41) is 0.0190. The Morgan fingerprint density at radius 3 is 2.47 bits per heavy atom. The van der Waals surface area contributed by atoms with Crippen LogP contribution in [0.2, 0.25) is 0 Å². The van der Waals surface area contributed by atoms with Gasteiger partial charge in [0.25, 0.3) is 0 Å². The lowest BCUT2D eigenvalue weighted by Crippen LogP contribution is -2.12. The van der Waals surface area contributed by atoms with Gasteiger partial charge in [-0.1, -0.05) is 60.2 Å². The molecule has 0 aromatic heterocycles. The van der Waals surface area contributed by atoms with Crippen LogP contribution in [0.25, 0.3) is 0 Å². The quantitative estimate of drug-likeness (QED) is 0.711. The first-order valence-electron chi connectivity index (χ1n) is 6.55. The van der Waals surface area contributed by atoms with E-state index in [2.05, 4.69) is 43.3 Å². The molecule has 100 valence electrons. The van der Waals surface area contributed by atoms with Crippen LogP contribution in [-0.4, -0.2) is 12.0 Å². The van der Waals surface area contributed by atoms with Gasteiger partial charge in [0.1, 0.15) is 0 Å². The highest BCUT2D eigenvalue weighted by molar-refractivity contribution is 6.20. The van der Waals surface area contributed by atoms with E-state index >= 15 is 0 Å². The Kier molecular flexibility index (Phi) is 5.44. The molecule has 0 spiro atoms. The van der Waals surface area contributed by atoms with Gasteiger partial charge in [-0.3, -0.25) is 0 Å². The summed E-state index contributed by atoms with van der Waals surface area (Å²) in [7, 11) is 0. The SMILES string of the molecule is Cc1cccc(C[C@@H](Cl)COCc2ccccc2)c1. The van der Waals surface area contributed by atoms with Gasteiger partial charge in [-0.25, -0.2) is 0 Å². The van der Waals surface area contributed by atoms with E-state index in [1.165, 1.54) is 16.7 Å². The van der Waals surface area contributed by atoms with E-state index in [9.17, 15) is 0 Å². The molecule has 0 N–H and O–H groups in total. The molecule has 0 amide bonds. The summed E-state index contributed by atoms with van der Waals surface area (Å²) >= 11 is 6.31. The number of aryl methyl sites for hydroxylation is 1. The predicted molar refractivity (Wildman–Crippen MR) is 80.6 cm³/mol. The van der Waals surface area contributed by atoms with E-state index in [0.29, 0.717) is 13.2 Å². The zero-order chi connectivity index (χ0) is 13.5. The fourth-order valence-corrected chi connectivity index (χ4v) is 2.30. The average Bonchev–Trinajstić information content (AvgIpc) is 2.40. The van der Waals surface area contributed by atoms with Crippen LogP contribution >= 0.6 is 11.6 Å². The second-order valence-corrected chi connectivity index (χ2v) is 5.41. The van der Waals surface area contributed by atoms with Gasteiger partial charge < -0.3 is 4.74 Å². The molecule has 2 aromatic carbocycles. The maximum atomic E-state index is 6.31. The van der Waals surface area contributed by atoms with Crippen LogP contribution in [0.4, 0.5) is 0 Å². The Morgan fingerprint density at radius 1 is 1.00 bits per heavy atom. The predicted octanol–water partition coefficient (Wildman–Crippen LogP) is 4.36. The Morgan fingerprint density at radius 2 is 1.74 bits per heavy atom. The second-order valence-electron chi connectivity index (χ2n) is 4.79. The van der Waals surface area contributed by atoms with Gasteiger partial charge in [0.2, 0.25) is 0 Å². The number of halogens is 1. The first-order valence-corrected chi connectivity index (χ1v) is 6.99. The normalized spacial score (nSPS) is 12.3.